The second-order valence-corrected chi connectivity index (χ2v) is 5.56. The van der Waals surface area contributed by atoms with Gasteiger partial charge in [0.1, 0.15) is 0 Å². The normalized spacial score (nSPS) is 10.8. The number of nitrogens with one attached hydrogen (secondary N) is 1. The van der Waals surface area contributed by atoms with E-state index in [-0.39, 0.29) is 18.3 Å². The van der Waals surface area contributed by atoms with E-state index < -0.39 is 17.2 Å². The van der Waals surface area contributed by atoms with Crippen LogP contribution in [0.5, 0.6) is 0 Å². The molecule has 0 atom stereocenters. The molecule has 0 saturated heterocycles. The van der Waals surface area contributed by atoms with E-state index in [1.807, 2.05) is 13.0 Å². The Hall–Kier alpha value is -2.70. The van der Waals surface area contributed by atoms with Gasteiger partial charge in [-0.25, -0.2) is 4.79 Å². The lowest BCUT2D eigenvalue weighted by Crippen LogP contribution is -2.46. The third kappa shape index (κ3) is 3.39. The number of carbonyl (C=O) groups is 1. The van der Waals surface area contributed by atoms with Crippen molar-refractivity contribution in [2.45, 2.75) is 40.3 Å². The van der Waals surface area contributed by atoms with Gasteiger partial charge in [-0.05, 0) is 45.4 Å². The highest BCUT2D eigenvalue weighted by Crippen LogP contribution is 2.06. The molecular formula is C16H20N4O3. The zero-order valence-corrected chi connectivity index (χ0v) is 13.7. The van der Waals surface area contributed by atoms with Gasteiger partial charge < -0.3 is 5.32 Å². The highest BCUT2D eigenvalue weighted by molar-refractivity contribution is 5.91. The van der Waals surface area contributed by atoms with Crippen LogP contribution in [-0.2, 0) is 6.54 Å². The molecule has 2 rings (SSSR count). The molecule has 0 fully saturated rings. The molecule has 7 heteroatoms. The van der Waals surface area contributed by atoms with Crippen molar-refractivity contribution in [3.05, 3.63) is 56.4 Å². The molecule has 0 spiro atoms. The number of nitrogens with zero attached hydrogens (tertiary/aromatic N) is 3. The number of aromatic nitrogens is 3. The van der Waals surface area contributed by atoms with Gasteiger partial charge in [-0.3, -0.25) is 14.2 Å². The predicted molar refractivity (Wildman–Crippen MR) is 87.1 cm³/mol. The summed E-state index contributed by atoms with van der Waals surface area (Å²) in [6, 6.07) is 7.00. The molecule has 0 aliphatic rings. The van der Waals surface area contributed by atoms with E-state index >= 15 is 0 Å². The summed E-state index contributed by atoms with van der Waals surface area (Å²) in [6.07, 6.45) is 0. The lowest BCUT2D eigenvalue weighted by atomic mass is 10.2. The molecule has 122 valence electrons. The van der Waals surface area contributed by atoms with Gasteiger partial charge in [0.25, 0.3) is 11.5 Å². The Bertz CT molecular complexity index is 849. The van der Waals surface area contributed by atoms with Crippen molar-refractivity contribution < 1.29 is 4.79 Å². The first kappa shape index (κ1) is 16.7. The third-order valence-corrected chi connectivity index (χ3v) is 3.26. The molecule has 0 radical (unpaired) electrons. The van der Waals surface area contributed by atoms with Gasteiger partial charge in [0.05, 0.1) is 5.69 Å². The predicted octanol–water partition coefficient (Wildman–Crippen LogP) is 0.861. The molecule has 0 saturated carbocycles. The summed E-state index contributed by atoms with van der Waals surface area (Å²) in [6.45, 7) is 7.29. The van der Waals surface area contributed by atoms with Crippen LogP contribution in [0.1, 0.15) is 36.8 Å². The second kappa shape index (κ2) is 6.60. The van der Waals surface area contributed by atoms with E-state index in [0.29, 0.717) is 5.69 Å². The number of aryl methyl sites for hydroxylation is 1. The van der Waals surface area contributed by atoms with E-state index in [0.717, 1.165) is 14.8 Å². The molecule has 1 N–H and O–H groups in total. The fraction of sp³-hybridized carbons (Fsp3) is 0.375. The standard InChI is InChI=1S/C16H20N4O3/c1-5-19-15(22)13(14(21)17-10(2)3)18-20(16(19)23)12-8-6-7-11(4)9-12/h6-10H,5H2,1-4H3,(H,17,21). The fourth-order valence-electron chi connectivity index (χ4n) is 2.19. The van der Waals surface area contributed by atoms with Gasteiger partial charge in [0.2, 0.25) is 5.69 Å². The van der Waals surface area contributed by atoms with Crippen molar-refractivity contribution in [3.63, 3.8) is 0 Å². The van der Waals surface area contributed by atoms with E-state index in [4.69, 9.17) is 0 Å². The molecule has 1 aromatic heterocycles. The minimum Gasteiger partial charge on any atom is -0.348 e. The molecule has 1 heterocycles. The summed E-state index contributed by atoms with van der Waals surface area (Å²) in [7, 11) is 0. The Morgan fingerprint density at radius 3 is 2.57 bits per heavy atom. The molecule has 0 unspecified atom stereocenters. The minimum absolute atomic E-state index is 0.141. The van der Waals surface area contributed by atoms with Crippen LogP contribution in [0.15, 0.2) is 33.9 Å². The van der Waals surface area contributed by atoms with Crippen LogP contribution in [-0.4, -0.2) is 26.3 Å². The molecule has 23 heavy (non-hydrogen) atoms. The monoisotopic (exact) mass is 316 g/mol. The highest BCUT2D eigenvalue weighted by atomic mass is 16.2. The number of hydrogen-bond donors (Lipinski definition) is 1. The van der Waals surface area contributed by atoms with Gasteiger partial charge in [-0.1, -0.05) is 12.1 Å². The summed E-state index contributed by atoms with van der Waals surface area (Å²) in [5.74, 6) is -0.589. The van der Waals surface area contributed by atoms with Crippen molar-refractivity contribution in [2.75, 3.05) is 0 Å². The summed E-state index contributed by atoms with van der Waals surface area (Å²) in [5, 5.41) is 6.63. The fourth-order valence-corrected chi connectivity index (χ4v) is 2.19. The Labute approximate surface area is 133 Å². The van der Waals surface area contributed by atoms with Gasteiger partial charge in [0.15, 0.2) is 0 Å². The maximum atomic E-state index is 12.5. The highest BCUT2D eigenvalue weighted by Gasteiger charge is 2.20. The summed E-state index contributed by atoms with van der Waals surface area (Å²) >= 11 is 0. The summed E-state index contributed by atoms with van der Waals surface area (Å²) in [5.41, 5.74) is -0.0835. The Morgan fingerprint density at radius 2 is 2.00 bits per heavy atom. The van der Waals surface area contributed by atoms with Crippen LogP contribution in [0, 0.1) is 6.92 Å². The van der Waals surface area contributed by atoms with Crippen molar-refractivity contribution in [1.82, 2.24) is 19.7 Å². The van der Waals surface area contributed by atoms with E-state index in [1.165, 1.54) is 0 Å². The Morgan fingerprint density at radius 1 is 1.30 bits per heavy atom. The number of carbonyl (C=O) groups excluding carboxylic acids is 1. The Balaban J connectivity index is 2.71. The molecule has 0 bridgehead atoms. The van der Waals surface area contributed by atoms with Crippen molar-refractivity contribution in [1.29, 1.82) is 0 Å². The second-order valence-electron chi connectivity index (χ2n) is 5.56. The van der Waals surface area contributed by atoms with Crippen LogP contribution in [0.2, 0.25) is 0 Å². The third-order valence-electron chi connectivity index (χ3n) is 3.26. The van der Waals surface area contributed by atoms with Gasteiger partial charge in [0, 0.05) is 12.6 Å². The summed E-state index contributed by atoms with van der Waals surface area (Å²) in [4.78, 5) is 37.0. The molecule has 1 aromatic carbocycles. The van der Waals surface area contributed by atoms with Crippen molar-refractivity contribution in [2.24, 2.45) is 0 Å². The lowest BCUT2D eigenvalue weighted by Gasteiger charge is -2.12. The van der Waals surface area contributed by atoms with Crippen LogP contribution in [0.25, 0.3) is 5.69 Å². The van der Waals surface area contributed by atoms with Crippen molar-refractivity contribution in [3.8, 4) is 5.69 Å². The zero-order chi connectivity index (χ0) is 17.1. The lowest BCUT2D eigenvalue weighted by molar-refractivity contribution is 0.0933. The average molecular weight is 316 g/mol. The molecule has 0 aliphatic heterocycles. The van der Waals surface area contributed by atoms with Crippen LogP contribution in [0.4, 0.5) is 0 Å². The first-order chi connectivity index (χ1) is 10.8. The van der Waals surface area contributed by atoms with Crippen molar-refractivity contribution >= 4 is 5.91 Å². The van der Waals surface area contributed by atoms with E-state index in [2.05, 4.69) is 10.4 Å². The van der Waals surface area contributed by atoms with Crippen LogP contribution >= 0.6 is 0 Å². The maximum Gasteiger partial charge on any atom is 0.352 e. The first-order valence-electron chi connectivity index (χ1n) is 7.47. The van der Waals surface area contributed by atoms with Gasteiger partial charge in [-0.2, -0.15) is 9.78 Å². The smallest absolute Gasteiger partial charge is 0.348 e. The minimum atomic E-state index is -0.681. The first-order valence-corrected chi connectivity index (χ1v) is 7.47. The maximum absolute atomic E-state index is 12.5. The molecule has 1 amide bonds. The molecule has 7 nitrogen and oxygen atoms in total. The van der Waals surface area contributed by atoms with E-state index in [9.17, 15) is 14.4 Å². The largest absolute Gasteiger partial charge is 0.352 e. The quantitative estimate of drug-likeness (QED) is 0.906. The SMILES string of the molecule is CCn1c(=O)c(C(=O)NC(C)C)nn(-c2cccc(C)c2)c1=O. The Kier molecular flexibility index (Phi) is 4.78. The number of rotatable bonds is 4. The number of benzene rings is 1. The number of hydrogen-bond acceptors (Lipinski definition) is 4. The number of amides is 1. The van der Waals surface area contributed by atoms with Crippen LogP contribution < -0.4 is 16.6 Å². The van der Waals surface area contributed by atoms with Gasteiger partial charge >= 0.3 is 5.69 Å². The molecule has 0 aliphatic carbocycles. The van der Waals surface area contributed by atoms with Gasteiger partial charge in [-0.15, -0.1) is 0 Å². The average Bonchev–Trinajstić information content (AvgIpc) is 2.47. The van der Waals surface area contributed by atoms with E-state index in [1.54, 1.807) is 39.0 Å². The van der Waals surface area contributed by atoms with Crippen LogP contribution in [0.3, 0.4) is 0 Å². The molecule has 2 aromatic rings. The summed E-state index contributed by atoms with van der Waals surface area (Å²) < 4.78 is 2.09. The topological polar surface area (TPSA) is 86.0 Å². The zero-order valence-electron chi connectivity index (χ0n) is 13.7. The molecular weight excluding hydrogens is 296 g/mol.